The highest BCUT2D eigenvalue weighted by molar-refractivity contribution is 6.30. The zero-order chi connectivity index (χ0) is 11.3. The predicted octanol–water partition coefficient (Wildman–Crippen LogP) is 2.63. The molecule has 0 atom stereocenters. The number of aliphatic hydroxyl groups excluding tert-OH is 1. The lowest BCUT2D eigenvalue weighted by molar-refractivity contribution is 0.255. The van der Waals surface area contributed by atoms with Crippen LogP contribution in [0.3, 0.4) is 0 Å². The lowest BCUT2D eigenvalue weighted by Gasteiger charge is -2.14. The molecule has 0 unspecified atom stereocenters. The Morgan fingerprint density at radius 1 is 1.40 bits per heavy atom. The smallest absolute Gasteiger partial charge is 0.166 e. The SMILES string of the molecule is CCCOc1c(CO)cc(Cl)cc1OC. The summed E-state index contributed by atoms with van der Waals surface area (Å²) in [6, 6.07) is 3.35. The van der Waals surface area contributed by atoms with Gasteiger partial charge in [-0.15, -0.1) is 0 Å². The van der Waals surface area contributed by atoms with Gasteiger partial charge in [-0.25, -0.2) is 0 Å². The molecule has 0 saturated heterocycles. The minimum atomic E-state index is -0.115. The Hall–Kier alpha value is -0.930. The largest absolute Gasteiger partial charge is 0.493 e. The molecule has 1 aromatic rings. The molecule has 0 spiro atoms. The second-order valence-electron chi connectivity index (χ2n) is 3.10. The van der Waals surface area contributed by atoms with E-state index >= 15 is 0 Å². The van der Waals surface area contributed by atoms with E-state index in [1.54, 1.807) is 19.2 Å². The van der Waals surface area contributed by atoms with E-state index in [4.69, 9.17) is 26.2 Å². The van der Waals surface area contributed by atoms with Crippen LogP contribution in [0.2, 0.25) is 5.02 Å². The molecule has 0 heterocycles. The highest BCUT2D eigenvalue weighted by Gasteiger charge is 2.11. The summed E-state index contributed by atoms with van der Waals surface area (Å²) in [6.45, 7) is 2.49. The third-order valence-corrected chi connectivity index (χ3v) is 2.16. The monoisotopic (exact) mass is 230 g/mol. The summed E-state index contributed by atoms with van der Waals surface area (Å²) in [7, 11) is 1.55. The van der Waals surface area contributed by atoms with Crippen LogP contribution < -0.4 is 9.47 Å². The Morgan fingerprint density at radius 3 is 2.67 bits per heavy atom. The topological polar surface area (TPSA) is 38.7 Å². The fourth-order valence-electron chi connectivity index (χ4n) is 1.26. The normalized spacial score (nSPS) is 10.1. The first-order valence-corrected chi connectivity index (χ1v) is 5.20. The Kier molecular flexibility index (Phi) is 4.72. The minimum Gasteiger partial charge on any atom is -0.493 e. The van der Waals surface area contributed by atoms with E-state index in [0.29, 0.717) is 28.7 Å². The molecule has 0 saturated carbocycles. The standard InChI is InChI=1S/C11H15ClO3/c1-3-4-15-11-8(7-13)5-9(12)6-10(11)14-2/h5-6,13H,3-4,7H2,1-2H3. The molecule has 0 aliphatic rings. The summed E-state index contributed by atoms with van der Waals surface area (Å²) < 4.78 is 10.7. The summed E-state index contributed by atoms with van der Waals surface area (Å²) in [5.74, 6) is 1.13. The van der Waals surface area contributed by atoms with Crippen molar-refractivity contribution >= 4 is 11.6 Å². The fourth-order valence-corrected chi connectivity index (χ4v) is 1.49. The number of hydrogen-bond donors (Lipinski definition) is 1. The third kappa shape index (κ3) is 3.01. The van der Waals surface area contributed by atoms with Crippen LogP contribution in [0.1, 0.15) is 18.9 Å². The van der Waals surface area contributed by atoms with Gasteiger partial charge in [-0.2, -0.15) is 0 Å². The highest BCUT2D eigenvalue weighted by atomic mass is 35.5. The molecule has 0 bridgehead atoms. The van der Waals surface area contributed by atoms with Crippen molar-refractivity contribution in [3.63, 3.8) is 0 Å². The van der Waals surface area contributed by atoms with E-state index in [-0.39, 0.29) is 6.61 Å². The number of benzene rings is 1. The second kappa shape index (κ2) is 5.83. The summed E-state index contributed by atoms with van der Waals surface area (Å²) in [5.41, 5.74) is 0.646. The van der Waals surface area contributed by atoms with E-state index in [2.05, 4.69) is 0 Å². The van der Waals surface area contributed by atoms with Gasteiger partial charge in [0.25, 0.3) is 0 Å². The van der Waals surface area contributed by atoms with Crippen molar-refractivity contribution in [1.29, 1.82) is 0 Å². The fraction of sp³-hybridized carbons (Fsp3) is 0.455. The van der Waals surface area contributed by atoms with Gasteiger partial charge in [-0.1, -0.05) is 18.5 Å². The van der Waals surface area contributed by atoms with Crippen LogP contribution in [0.15, 0.2) is 12.1 Å². The summed E-state index contributed by atoms with van der Waals surface area (Å²) in [6.07, 6.45) is 0.899. The van der Waals surface area contributed by atoms with Gasteiger partial charge < -0.3 is 14.6 Å². The molecule has 1 N–H and O–H groups in total. The average Bonchev–Trinajstić information content (AvgIpc) is 2.26. The molecule has 4 heteroatoms. The van der Waals surface area contributed by atoms with Crippen molar-refractivity contribution in [1.82, 2.24) is 0 Å². The molecule has 0 radical (unpaired) electrons. The van der Waals surface area contributed by atoms with Crippen LogP contribution in [0.5, 0.6) is 11.5 Å². The number of ether oxygens (including phenoxy) is 2. The maximum atomic E-state index is 9.17. The van der Waals surface area contributed by atoms with Gasteiger partial charge in [-0.3, -0.25) is 0 Å². The third-order valence-electron chi connectivity index (χ3n) is 1.94. The number of aliphatic hydroxyl groups is 1. The van der Waals surface area contributed by atoms with Crippen LogP contribution in [0, 0.1) is 0 Å². The Bertz CT molecular complexity index is 301. The average molecular weight is 231 g/mol. The second-order valence-corrected chi connectivity index (χ2v) is 3.54. The molecule has 1 aromatic carbocycles. The van der Waals surface area contributed by atoms with Gasteiger partial charge in [0, 0.05) is 16.7 Å². The Morgan fingerprint density at radius 2 is 2.13 bits per heavy atom. The van der Waals surface area contributed by atoms with E-state index in [9.17, 15) is 0 Å². The quantitative estimate of drug-likeness (QED) is 0.845. The molecule has 3 nitrogen and oxygen atoms in total. The molecule has 15 heavy (non-hydrogen) atoms. The van der Waals surface area contributed by atoms with Crippen LogP contribution in [-0.4, -0.2) is 18.8 Å². The maximum absolute atomic E-state index is 9.17. The van der Waals surface area contributed by atoms with Gasteiger partial charge in [-0.05, 0) is 12.5 Å². The van der Waals surface area contributed by atoms with Crippen LogP contribution in [0.25, 0.3) is 0 Å². The Labute approximate surface area is 94.6 Å². The van der Waals surface area contributed by atoms with Crippen molar-refractivity contribution in [3.05, 3.63) is 22.7 Å². The van der Waals surface area contributed by atoms with Gasteiger partial charge >= 0.3 is 0 Å². The molecule has 1 rings (SSSR count). The molecule has 84 valence electrons. The predicted molar refractivity (Wildman–Crippen MR) is 59.7 cm³/mol. The maximum Gasteiger partial charge on any atom is 0.166 e. The first-order chi connectivity index (χ1) is 7.22. The molecular weight excluding hydrogens is 216 g/mol. The number of halogens is 1. The first kappa shape index (κ1) is 12.1. The van der Waals surface area contributed by atoms with E-state index < -0.39 is 0 Å². The number of methoxy groups -OCH3 is 1. The van der Waals surface area contributed by atoms with E-state index in [1.807, 2.05) is 6.92 Å². The summed E-state index contributed by atoms with van der Waals surface area (Å²) in [5, 5.41) is 9.70. The number of hydrogen-bond acceptors (Lipinski definition) is 3. The van der Waals surface area contributed by atoms with Crippen LogP contribution in [0.4, 0.5) is 0 Å². The molecule has 0 amide bonds. The van der Waals surface area contributed by atoms with Gasteiger partial charge in [0.2, 0.25) is 0 Å². The molecule has 0 aliphatic heterocycles. The Balaban J connectivity index is 3.06. The zero-order valence-electron chi connectivity index (χ0n) is 8.92. The van der Waals surface area contributed by atoms with E-state index in [1.165, 1.54) is 0 Å². The minimum absolute atomic E-state index is 0.115. The van der Waals surface area contributed by atoms with Crippen LogP contribution in [-0.2, 0) is 6.61 Å². The van der Waals surface area contributed by atoms with Gasteiger partial charge in [0.1, 0.15) is 0 Å². The van der Waals surface area contributed by atoms with Gasteiger partial charge in [0.15, 0.2) is 11.5 Å². The van der Waals surface area contributed by atoms with E-state index in [0.717, 1.165) is 6.42 Å². The van der Waals surface area contributed by atoms with Gasteiger partial charge in [0.05, 0.1) is 20.3 Å². The van der Waals surface area contributed by atoms with Crippen molar-refractivity contribution < 1.29 is 14.6 Å². The summed E-state index contributed by atoms with van der Waals surface area (Å²) >= 11 is 5.87. The molecule has 0 aromatic heterocycles. The molecule has 0 aliphatic carbocycles. The summed E-state index contributed by atoms with van der Waals surface area (Å²) in [4.78, 5) is 0. The van der Waals surface area contributed by atoms with Crippen molar-refractivity contribution in [2.75, 3.05) is 13.7 Å². The first-order valence-electron chi connectivity index (χ1n) is 4.83. The number of rotatable bonds is 5. The molecular formula is C11H15ClO3. The zero-order valence-corrected chi connectivity index (χ0v) is 9.67. The van der Waals surface area contributed by atoms with Crippen molar-refractivity contribution in [3.8, 4) is 11.5 Å². The lowest BCUT2D eigenvalue weighted by atomic mass is 10.2. The molecule has 0 fully saturated rings. The van der Waals surface area contributed by atoms with Crippen molar-refractivity contribution in [2.45, 2.75) is 20.0 Å². The highest BCUT2D eigenvalue weighted by Crippen LogP contribution is 2.34. The van der Waals surface area contributed by atoms with Crippen LogP contribution >= 0.6 is 11.6 Å². The van der Waals surface area contributed by atoms with Crippen molar-refractivity contribution in [2.24, 2.45) is 0 Å². The lowest BCUT2D eigenvalue weighted by Crippen LogP contribution is -2.01.